The van der Waals surface area contributed by atoms with E-state index in [9.17, 15) is 14.4 Å². The van der Waals surface area contributed by atoms with Crippen LogP contribution in [0.3, 0.4) is 0 Å². The van der Waals surface area contributed by atoms with Crippen LogP contribution in [-0.4, -0.2) is 48.1 Å². The van der Waals surface area contributed by atoms with Gasteiger partial charge in [-0.3, -0.25) is 14.4 Å². The molecule has 1 fully saturated rings. The van der Waals surface area contributed by atoms with E-state index in [1.807, 2.05) is 6.92 Å². The van der Waals surface area contributed by atoms with Gasteiger partial charge in [-0.15, -0.1) is 0 Å². The Morgan fingerprint density at radius 2 is 2.00 bits per heavy atom. The fourth-order valence-electron chi connectivity index (χ4n) is 2.32. The molecular formula is C12H21N3O4. The van der Waals surface area contributed by atoms with E-state index in [-0.39, 0.29) is 12.5 Å². The van der Waals surface area contributed by atoms with E-state index in [0.717, 1.165) is 32.2 Å². The molecule has 7 heteroatoms. The van der Waals surface area contributed by atoms with Gasteiger partial charge in [0.05, 0.1) is 12.1 Å². The Balaban J connectivity index is 2.40. The molecule has 4 N–H and O–H groups in total. The van der Waals surface area contributed by atoms with Crippen LogP contribution >= 0.6 is 0 Å². The van der Waals surface area contributed by atoms with E-state index < -0.39 is 24.0 Å². The van der Waals surface area contributed by atoms with Crippen LogP contribution in [0.1, 0.15) is 32.6 Å². The Hall–Kier alpha value is -1.63. The van der Waals surface area contributed by atoms with E-state index in [1.54, 1.807) is 0 Å². The molecule has 1 aliphatic rings. The SMILES string of the molecule is CCCC1(C(=O)NCC(=O)NCC(=O)O)CCCN1. The van der Waals surface area contributed by atoms with Crippen LogP contribution in [0.4, 0.5) is 0 Å². The average molecular weight is 271 g/mol. The van der Waals surface area contributed by atoms with E-state index in [4.69, 9.17) is 5.11 Å². The topological polar surface area (TPSA) is 108 Å². The number of rotatable bonds is 7. The van der Waals surface area contributed by atoms with Crippen LogP contribution in [0.15, 0.2) is 0 Å². The quantitative estimate of drug-likeness (QED) is 0.486. The minimum absolute atomic E-state index is 0.183. The van der Waals surface area contributed by atoms with Crippen molar-refractivity contribution in [3.05, 3.63) is 0 Å². The smallest absolute Gasteiger partial charge is 0.322 e. The summed E-state index contributed by atoms with van der Waals surface area (Å²) in [5.41, 5.74) is -0.568. The molecule has 2 amide bonds. The Morgan fingerprint density at radius 1 is 1.26 bits per heavy atom. The summed E-state index contributed by atoms with van der Waals surface area (Å²) in [5, 5.41) is 16.4. The molecule has 0 bridgehead atoms. The zero-order valence-corrected chi connectivity index (χ0v) is 11.1. The number of amides is 2. The molecule has 0 aliphatic carbocycles. The second-order valence-electron chi connectivity index (χ2n) is 4.72. The largest absolute Gasteiger partial charge is 0.480 e. The van der Waals surface area contributed by atoms with Crippen molar-refractivity contribution >= 4 is 17.8 Å². The highest BCUT2D eigenvalue weighted by Crippen LogP contribution is 2.24. The molecule has 0 aromatic rings. The Labute approximate surface area is 112 Å². The Kier molecular flexibility index (Phi) is 5.75. The number of aliphatic carboxylic acids is 1. The van der Waals surface area contributed by atoms with Gasteiger partial charge in [0.15, 0.2) is 0 Å². The summed E-state index contributed by atoms with van der Waals surface area (Å²) in [6.07, 6.45) is 3.32. The van der Waals surface area contributed by atoms with Gasteiger partial charge in [-0.25, -0.2) is 0 Å². The van der Waals surface area contributed by atoms with Crippen molar-refractivity contribution in [3.8, 4) is 0 Å². The van der Waals surface area contributed by atoms with Gasteiger partial charge in [-0.1, -0.05) is 13.3 Å². The van der Waals surface area contributed by atoms with Crippen molar-refractivity contribution < 1.29 is 19.5 Å². The van der Waals surface area contributed by atoms with Crippen LogP contribution in [-0.2, 0) is 14.4 Å². The molecule has 1 aliphatic heterocycles. The molecule has 19 heavy (non-hydrogen) atoms. The summed E-state index contributed by atoms with van der Waals surface area (Å²) in [6, 6.07) is 0. The monoisotopic (exact) mass is 271 g/mol. The summed E-state index contributed by atoms with van der Waals surface area (Å²) >= 11 is 0. The summed E-state index contributed by atoms with van der Waals surface area (Å²) in [5.74, 6) is -1.79. The number of carbonyl (C=O) groups excluding carboxylic acids is 2. The van der Waals surface area contributed by atoms with Crippen LogP contribution in [0.5, 0.6) is 0 Å². The maximum absolute atomic E-state index is 12.1. The lowest BCUT2D eigenvalue weighted by molar-refractivity contribution is -0.137. The molecule has 0 radical (unpaired) electrons. The molecule has 0 saturated carbocycles. The molecule has 1 atom stereocenters. The van der Waals surface area contributed by atoms with Crippen LogP contribution in [0, 0.1) is 0 Å². The van der Waals surface area contributed by atoms with Crippen LogP contribution in [0.25, 0.3) is 0 Å². The number of carbonyl (C=O) groups is 3. The molecule has 108 valence electrons. The van der Waals surface area contributed by atoms with Crippen molar-refractivity contribution in [1.29, 1.82) is 0 Å². The lowest BCUT2D eigenvalue weighted by atomic mass is 9.91. The highest BCUT2D eigenvalue weighted by Gasteiger charge is 2.39. The van der Waals surface area contributed by atoms with Crippen LogP contribution < -0.4 is 16.0 Å². The van der Waals surface area contributed by atoms with E-state index >= 15 is 0 Å². The molecule has 1 rings (SSSR count). The number of carboxylic acids is 1. The zero-order valence-electron chi connectivity index (χ0n) is 11.1. The predicted octanol–water partition coefficient (Wildman–Crippen LogP) is -0.774. The fourth-order valence-corrected chi connectivity index (χ4v) is 2.32. The van der Waals surface area contributed by atoms with Gasteiger partial charge >= 0.3 is 5.97 Å². The first-order valence-electron chi connectivity index (χ1n) is 6.52. The standard InChI is InChI=1S/C12H21N3O4/c1-2-4-12(5-3-6-15-12)11(19)14-7-9(16)13-8-10(17)18/h15H,2-8H2,1H3,(H,13,16)(H,14,19)(H,17,18). The molecule has 0 spiro atoms. The van der Waals surface area contributed by atoms with Gasteiger partial charge in [0.25, 0.3) is 0 Å². The predicted molar refractivity (Wildman–Crippen MR) is 68.5 cm³/mol. The Morgan fingerprint density at radius 3 is 2.53 bits per heavy atom. The van der Waals surface area contributed by atoms with Gasteiger partial charge in [0.2, 0.25) is 11.8 Å². The van der Waals surface area contributed by atoms with E-state index in [2.05, 4.69) is 16.0 Å². The molecule has 0 aromatic carbocycles. The number of hydrogen-bond donors (Lipinski definition) is 4. The molecular weight excluding hydrogens is 250 g/mol. The Bertz CT molecular complexity index is 351. The highest BCUT2D eigenvalue weighted by molar-refractivity contribution is 5.91. The first kappa shape index (κ1) is 15.4. The number of carboxylic acid groups (broad SMARTS) is 1. The van der Waals surface area contributed by atoms with Crippen molar-refractivity contribution in [1.82, 2.24) is 16.0 Å². The molecule has 1 saturated heterocycles. The molecule has 1 unspecified atom stereocenters. The summed E-state index contributed by atoms with van der Waals surface area (Å²) in [4.78, 5) is 33.7. The van der Waals surface area contributed by atoms with Gasteiger partial charge in [0.1, 0.15) is 6.54 Å². The minimum Gasteiger partial charge on any atom is -0.480 e. The zero-order chi connectivity index (χ0) is 14.3. The maximum Gasteiger partial charge on any atom is 0.322 e. The number of nitrogens with one attached hydrogen (secondary N) is 3. The van der Waals surface area contributed by atoms with Crippen molar-refractivity contribution in [3.63, 3.8) is 0 Å². The summed E-state index contributed by atoms with van der Waals surface area (Å²) in [7, 11) is 0. The van der Waals surface area contributed by atoms with E-state index in [1.165, 1.54) is 0 Å². The van der Waals surface area contributed by atoms with Crippen molar-refractivity contribution in [2.45, 2.75) is 38.1 Å². The fraction of sp³-hybridized carbons (Fsp3) is 0.750. The first-order chi connectivity index (χ1) is 9.00. The van der Waals surface area contributed by atoms with Gasteiger partial charge < -0.3 is 21.1 Å². The third-order valence-electron chi connectivity index (χ3n) is 3.20. The van der Waals surface area contributed by atoms with Crippen molar-refractivity contribution in [2.75, 3.05) is 19.6 Å². The average Bonchev–Trinajstić information content (AvgIpc) is 2.83. The lowest BCUT2D eigenvalue weighted by Crippen LogP contribution is -2.55. The first-order valence-corrected chi connectivity index (χ1v) is 6.52. The maximum atomic E-state index is 12.1. The molecule has 7 nitrogen and oxygen atoms in total. The van der Waals surface area contributed by atoms with Gasteiger partial charge in [-0.05, 0) is 25.8 Å². The lowest BCUT2D eigenvalue weighted by Gasteiger charge is -2.27. The van der Waals surface area contributed by atoms with E-state index in [0.29, 0.717) is 0 Å². The third-order valence-corrected chi connectivity index (χ3v) is 3.20. The molecule has 0 aromatic heterocycles. The normalized spacial score (nSPS) is 21.9. The third kappa shape index (κ3) is 4.51. The summed E-state index contributed by atoms with van der Waals surface area (Å²) < 4.78 is 0. The highest BCUT2D eigenvalue weighted by atomic mass is 16.4. The second-order valence-corrected chi connectivity index (χ2v) is 4.72. The van der Waals surface area contributed by atoms with Crippen molar-refractivity contribution in [2.24, 2.45) is 0 Å². The summed E-state index contributed by atoms with van der Waals surface area (Å²) in [6.45, 7) is 2.18. The minimum atomic E-state index is -1.11. The van der Waals surface area contributed by atoms with Crippen LogP contribution in [0.2, 0.25) is 0 Å². The second kappa shape index (κ2) is 7.08. The molecule has 1 heterocycles. The van der Waals surface area contributed by atoms with Gasteiger partial charge in [-0.2, -0.15) is 0 Å². The van der Waals surface area contributed by atoms with Gasteiger partial charge in [0, 0.05) is 0 Å². The number of hydrogen-bond acceptors (Lipinski definition) is 4.